The van der Waals surface area contributed by atoms with E-state index < -0.39 is 0 Å². The topological polar surface area (TPSA) is 71.6 Å². The molecule has 0 radical (unpaired) electrons. The van der Waals surface area contributed by atoms with E-state index >= 15 is 0 Å². The van der Waals surface area contributed by atoms with Gasteiger partial charge in [0, 0.05) is 19.5 Å². The molecule has 0 saturated carbocycles. The SMILES string of the molecule is CCc1nc(CN2CC(CO)OC(C)(C)C2)no1. The molecule has 1 aromatic rings. The van der Waals surface area contributed by atoms with Crippen LogP contribution >= 0.6 is 0 Å². The van der Waals surface area contributed by atoms with Gasteiger partial charge in [0.2, 0.25) is 5.89 Å². The van der Waals surface area contributed by atoms with Crippen LogP contribution in [0.25, 0.3) is 0 Å². The first-order chi connectivity index (χ1) is 8.52. The van der Waals surface area contributed by atoms with Gasteiger partial charge >= 0.3 is 0 Å². The van der Waals surface area contributed by atoms with E-state index in [2.05, 4.69) is 15.0 Å². The lowest BCUT2D eigenvalue weighted by Gasteiger charge is -2.41. The van der Waals surface area contributed by atoms with Crippen LogP contribution in [0.3, 0.4) is 0 Å². The molecule has 0 amide bonds. The zero-order chi connectivity index (χ0) is 13.2. The van der Waals surface area contributed by atoms with Gasteiger partial charge in [-0.1, -0.05) is 12.1 Å². The Hall–Kier alpha value is -0.980. The monoisotopic (exact) mass is 255 g/mol. The molecule has 1 unspecified atom stereocenters. The first kappa shape index (κ1) is 13.5. The maximum Gasteiger partial charge on any atom is 0.226 e. The van der Waals surface area contributed by atoms with Crippen LogP contribution in [0.1, 0.15) is 32.5 Å². The maximum atomic E-state index is 9.25. The van der Waals surface area contributed by atoms with Gasteiger partial charge in [-0.25, -0.2) is 0 Å². The van der Waals surface area contributed by atoms with Gasteiger partial charge in [-0.2, -0.15) is 4.98 Å². The smallest absolute Gasteiger partial charge is 0.226 e. The van der Waals surface area contributed by atoms with Crippen molar-refractivity contribution in [2.45, 2.75) is 45.4 Å². The molecule has 0 aromatic carbocycles. The Bertz CT molecular complexity index is 392. The molecule has 6 heteroatoms. The standard InChI is InChI=1S/C12H21N3O3/c1-4-11-13-10(14-18-11)6-15-5-9(7-16)17-12(2,3)8-15/h9,16H,4-8H2,1-3H3. The fourth-order valence-corrected chi connectivity index (χ4v) is 2.33. The minimum Gasteiger partial charge on any atom is -0.394 e. The van der Waals surface area contributed by atoms with Gasteiger partial charge in [0.05, 0.1) is 24.9 Å². The molecule has 1 aromatic heterocycles. The highest BCUT2D eigenvalue weighted by Crippen LogP contribution is 2.21. The summed E-state index contributed by atoms with van der Waals surface area (Å²) in [6.07, 6.45) is 0.604. The Balaban J connectivity index is 1.99. The maximum absolute atomic E-state index is 9.25. The van der Waals surface area contributed by atoms with Gasteiger partial charge in [0.1, 0.15) is 0 Å². The molecular formula is C12H21N3O3. The van der Waals surface area contributed by atoms with Gasteiger partial charge in [0.15, 0.2) is 5.82 Å². The summed E-state index contributed by atoms with van der Waals surface area (Å²) >= 11 is 0. The third-order valence-electron chi connectivity index (χ3n) is 2.93. The number of aromatic nitrogens is 2. The van der Waals surface area contributed by atoms with E-state index in [1.807, 2.05) is 20.8 Å². The molecule has 102 valence electrons. The van der Waals surface area contributed by atoms with Crippen molar-refractivity contribution in [3.63, 3.8) is 0 Å². The summed E-state index contributed by atoms with van der Waals surface area (Å²) in [6, 6.07) is 0. The normalized spacial score (nSPS) is 24.3. The second-order valence-electron chi connectivity index (χ2n) is 5.31. The van der Waals surface area contributed by atoms with Crippen LogP contribution < -0.4 is 0 Å². The minimum atomic E-state index is -0.261. The molecule has 0 aliphatic carbocycles. The zero-order valence-electron chi connectivity index (χ0n) is 11.2. The van der Waals surface area contributed by atoms with Gasteiger partial charge in [-0.3, -0.25) is 4.90 Å². The summed E-state index contributed by atoms with van der Waals surface area (Å²) in [5.74, 6) is 1.36. The van der Waals surface area contributed by atoms with E-state index in [-0.39, 0.29) is 18.3 Å². The number of ether oxygens (including phenoxy) is 1. The molecule has 1 aliphatic heterocycles. The average molecular weight is 255 g/mol. The second kappa shape index (κ2) is 5.34. The van der Waals surface area contributed by atoms with Crippen molar-refractivity contribution in [2.24, 2.45) is 0 Å². The summed E-state index contributed by atoms with van der Waals surface area (Å²) in [6.45, 7) is 8.18. The lowest BCUT2D eigenvalue weighted by atomic mass is 10.1. The minimum absolute atomic E-state index is 0.0341. The predicted molar refractivity (Wildman–Crippen MR) is 65.0 cm³/mol. The molecule has 1 atom stereocenters. The van der Waals surface area contributed by atoms with Crippen molar-refractivity contribution >= 4 is 0 Å². The fraction of sp³-hybridized carbons (Fsp3) is 0.833. The molecular weight excluding hydrogens is 234 g/mol. The molecule has 0 bridgehead atoms. The lowest BCUT2D eigenvalue weighted by molar-refractivity contribution is -0.151. The third kappa shape index (κ3) is 3.28. The number of nitrogens with zero attached hydrogens (tertiary/aromatic N) is 3. The summed E-state index contributed by atoms with van der Waals surface area (Å²) in [5, 5.41) is 13.2. The van der Waals surface area contributed by atoms with E-state index in [4.69, 9.17) is 9.26 Å². The van der Waals surface area contributed by atoms with Crippen molar-refractivity contribution in [1.29, 1.82) is 0 Å². The Morgan fingerprint density at radius 2 is 2.28 bits per heavy atom. The predicted octanol–water partition coefficient (Wildman–Crippen LogP) is 0.604. The number of morpholine rings is 1. The molecule has 1 aliphatic rings. The molecule has 2 rings (SSSR count). The Morgan fingerprint density at radius 1 is 1.50 bits per heavy atom. The lowest BCUT2D eigenvalue weighted by Crippen LogP contribution is -2.53. The number of aliphatic hydroxyl groups is 1. The fourth-order valence-electron chi connectivity index (χ4n) is 2.33. The van der Waals surface area contributed by atoms with Crippen molar-refractivity contribution in [2.75, 3.05) is 19.7 Å². The van der Waals surface area contributed by atoms with E-state index in [1.54, 1.807) is 0 Å². The van der Waals surface area contributed by atoms with E-state index in [9.17, 15) is 5.11 Å². The Kier molecular flexibility index (Phi) is 3.99. The molecule has 0 spiro atoms. The van der Waals surface area contributed by atoms with Crippen LogP contribution in [0.15, 0.2) is 4.52 Å². The van der Waals surface area contributed by atoms with Crippen molar-refractivity contribution < 1.29 is 14.4 Å². The van der Waals surface area contributed by atoms with Crippen LogP contribution in [0.5, 0.6) is 0 Å². The van der Waals surface area contributed by atoms with Crippen LogP contribution in [-0.4, -0.2) is 51.5 Å². The molecule has 2 heterocycles. The van der Waals surface area contributed by atoms with Crippen molar-refractivity contribution in [3.8, 4) is 0 Å². The van der Waals surface area contributed by atoms with Gasteiger partial charge in [-0.15, -0.1) is 0 Å². The molecule has 1 saturated heterocycles. The summed E-state index contributed by atoms with van der Waals surface area (Å²) in [5.41, 5.74) is -0.261. The number of aliphatic hydroxyl groups excluding tert-OH is 1. The van der Waals surface area contributed by atoms with Gasteiger partial charge in [-0.05, 0) is 13.8 Å². The third-order valence-corrected chi connectivity index (χ3v) is 2.93. The highest BCUT2D eigenvalue weighted by atomic mass is 16.5. The van der Waals surface area contributed by atoms with Crippen LogP contribution in [0.2, 0.25) is 0 Å². The zero-order valence-corrected chi connectivity index (χ0v) is 11.2. The summed E-state index contributed by atoms with van der Waals surface area (Å²) in [7, 11) is 0. The van der Waals surface area contributed by atoms with Crippen molar-refractivity contribution in [3.05, 3.63) is 11.7 Å². The number of rotatable bonds is 4. The van der Waals surface area contributed by atoms with E-state index in [0.29, 0.717) is 24.8 Å². The first-order valence-corrected chi connectivity index (χ1v) is 6.35. The van der Waals surface area contributed by atoms with Gasteiger partial charge in [0.25, 0.3) is 0 Å². The first-order valence-electron chi connectivity index (χ1n) is 6.35. The van der Waals surface area contributed by atoms with Crippen molar-refractivity contribution in [1.82, 2.24) is 15.0 Å². The molecule has 6 nitrogen and oxygen atoms in total. The highest BCUT2D eigenvalue weighted by molar-refractivity contribution is 4.90. The highest BCUT2D eigenvalue weighted by Gasteiger charge is 2.33. The molecule has 18 heavy (non-hydrogen) atoms. The number of hydrogen-bond donors (Lipinski definition) is 1. The van der Waals surface area contributed by atoms with Crippen LogP contribution in [-0.2, 0) is 17.7 Å². The molecule has 1 fully saturated rings. The van der Waals surface area contributed by atoms with E-state index in [0.717, 1.165) is 13.0 Å². The van der Waals surface area contributed by atoms with Crippen LogP contribution in [0, 0.1) is 0 Å². The Labute approximate surface area is 107 Å². The average Bonchev–Trinajstić information content (AvgIpc) is 2.74. The van der Waals surface area contributed by atoms with E-state index in [1.165, 1.54) is 0 Å². The number of aryl methyl sites for hydroxylation is 1. The van der Waals surface area contributed by atoms with Gasteiger partial charge < -0.3 is 14.4 Å². The van der Waals surface area contributed by atoms with Crippen LogP contribution in [0.4, 0.5) is 0 Å². The number of hydrogen-bond acceptors (Lipinski definition) is 6. The summed E-state index contributed by atoms with van der Waals surface area (Å²) in [4.78, 5) is 6.49. The largest absolute Gasteiger partial charge is 0.394 e. The Morgan fingerprint density at radius 3 is 2.89 bits per heavy atom. The molecule has 1 N–H and O–H groups in total. The quantitative estimate of drug-likeness (QED) is 0.849. The summed E-state index contributed by atoms with van der Waals surface area (Å²) < 4.78 is 10.9. The second-order valence-corrected chi connectivity index (χ2v) is 5.31.